The summed E-state index contributed by atoms with van der Waals surface area (Å²) in [5.41, 5.74) is 7.36. The van der Waals surface area contributed by atoms with E-state index in [1.54, 1.807) is 0 Å². The molecule has 0 unspecified atom stereocenters. The number of carbonyl (C=O) groups is 1. The number of ether oxygens (including phenoxy) is 1. The van der Waals surface area contributed by atoms with Gasteiger partial charge in [-0.2, -0.15) is 0 Å². The molecule has 23 heavy (non-hydrogen) atoms. The zero-order chi connectivity index (χ0) is 15.6. The normalized spacial score (nSPS) is 14.5. The topological polar surface area (TPSA) is 64.3 Å². The second-order valence-corrected chi connectivity index (χ2v) is 5.86. The van der Waals surface area contributed by atoms with E-state index in [1.165, 1.54) is 5.56 Å². The van der Waals surface area contributed by atoms with Gasteiger partial charge in [-0.05, 0) is 38.0 Å². The van der Waals surface area contributed by atoms with Gasteiger partial charge in [0, 0.05) is 12.1 Å². The average Bonchev–Trinajstić information content (AvgIpc) is 3.27. The number of hydrogen-bond donors (Lipinski definition) is 2. The molecule has 5 heteroatoms. The molecule has 0 bridgehead atoms. The summed E-state index contributed by atoms with van der Waals surface area (Å²) in [6.07, 6.45) is 1.53. The van der Waals surface area contributed by atoms with Crippen molar-refractivity contribution in [2.75, 3.05) is 0 Å². The van der Waals surface area contributed by atoms with Crippen LogP contribution >= 0.6 is 12.4 Å². The van der Waals surface area contributed by atoms with Crippen molar-refractivity contribution in [2.45, 2.75) is 31.8 Å². The van der Waals surface area contributed by atoms with Gasteiger partial charge in [-0.3, -0.25) is 4.79 Å². The van der Waals surface area contributed by atoms with E-state index in [-0.39, 0.29) is 18.3 Å². The van der Waals surface area contributed by atoms with E-state index in [4.69, 9.17) is 10.5 Å². The molecule has 2 aromatic carbocycles. The Balaban J connectivity index is 0.00000192. The summed E-state index contributed by atoms with van der Waals surface area (Å²) in [6, 6.07) is 15.6. The number of amides is 1. The lowest BCUT2D eigenvalue weighted by Crippen LogP contribution is -2.42. The molecule has 0 aromatic heterocycles. The Kier molecular flexibility index (Phi) is 5.29. The molecule has 1 fully saturated rings. The van der Waals surface area contributed by atoms with E-state index >= 15 is 0 Å². The number of aryl methyl sites for hydroxylation is 1. The predicted octanol–water partition coefficient (Wildman–Crippen LogP) is 3.32. The minimum Gasteiger partial charge on any atom is -0.457 e. The zero-order valence-electron chi connectivity index (χ0n) is 13.0. The average molecular weight is 333 g/mol. The Morgan fingerprint density at radius 2 is 1.83 bits per heavy atom. The molecule has 1 saturated carbocycles. The van der Waals surface area contributed by atoms with Gasteiger partial charge in [0.25, 0.3) is 0 Å². The van der Waals surface area contributed by atoms with Gasteiger partial charge in [0.15, 0.2) is 0 Å². The van der Waals surface area contributed by atoms with Crippen molar-refractivity contribution < 1.29 is 9.53 Å². The highest BCUT2D eigenvalue weighted by Crippen LogP contribution is 2.32. The van der Waals surface area contributed by atoms with Crippen molar-refractivity contribution >= 4 is 18.3 Å². The molecule has 0 aliphatic heterocycles. The Morgan fingerprint density at radius 1 is 1.17 bits per heavy atom. The lowest BCUT2D eigenvalue weighted by atomic mass is 10.2. The molecule has 0 heterocycles. The number of nitrogens with two attached hydrogens (primary N) is 1. The third kappa shape index (κ3) is 4.24. The molecule has 0 atom stereocenters. The lowest BCUT2D eigenvalue weighted by Gasteiger charge is -2.14. The van der Waals surface area contributed by atoms with Gasteiger partial charge in [-0.1, -0.05) is 35.9 Å². The molecule has 122 valence electrons. The van der Waals surface area contributed by atoms with E-state index in [0.29, 0.717) is 6.54 Å². The van der Waals surface area contributed by atoms with Crippen LogP contribution in [0.2, 0.25) is 0 Å². The van der Waals surface area contributed by atoms with Crippen molar-refractivity contribution in [3.63, 3.8) is 0 Å². The number of para-hydroxylation sites is 1. The fourth-order valence-electron chi connectivity index (χ4n) is 2.20. The third-order valence-electron chi connectivity index (χ3n) is 3.90. The Hall–Kier alpha value is -2.04. The quantitative estimate of drug-likeness (QED) is 0.882. The molecule has 1 aliphatic carbocycles. The summed E-state index contributed by atoms with van der Waals surface area (Å²) in [7, 11) is 0. The van der Waals surface area contributed by atoms with E-state index < -0.39 is 5.54 Å². The molecule has 3 rings (SSSR count). The summed E-state index contributed by atoms with van der Waals surface area (Å²) in [4.78, 5) is 11.9. The Morgan fingerprint density at radius 3 is 2.48 bits per heavy atom. The summed E-state index contributed by atoms with van der Waals surface area (Å²) >= 11 is 0. The van der Waals surface area contributed by atoms with Crippen molar-refractivity contribution in [1.82, 2.24) is 5.32 Å². The predicted molar refractivity (Wildman–Crippen MR) is 92.9 cm³/mol. The van der Waals surface area contributed by atoms with Crippen molar-refractivity contribution in [3.05, 3.63) is 59.7 Å². The molecule has 3 N–H and O–H groups in total. The number of carbonyl (C=O) groups excluding carboxylic acids is 1. The second-order valence-electron chi connectivity index (χ2n) is 5.86. The molecule has 0 spiro atoms. The standard InChI is InChI=1S/C18H20N2O2.ClH/c1-13-6-8-15(9-7-13)22-16-5-3-2-4-14(16)12-20-17(21)18(19)10-11-18;/h2-9H,10-12,19H2,1H3,(H,20,21);1H. The van der Waals surface area contributed by atoms with Gasteiger partial charge in [-0.25, -0.2) is 0 Å². The first-order chi connectivity index (χ1) is 10.6. The van der Waals surface area contributed by atoms with Crippen LogP contribution in [0.1, 0.15) is 24.0 Å². The molecule has 1 amide bonds. The first-order valence-corrected chi connectivity index (χ1v) is 7.46. The minimum atomic E-state index is -0.646. The van der Waals surface area contributed by atoms with Crippen molar-refractivity contribution in [2.24, 2.45) is 5.73 Å². The molecular weight excluding hydrogens is 312 g/mol. The summed E-state index contributed by atoms with van der Waals surface area (Å²) in [5, 5.41) is 2.89. The molecule has 0 saturated heterocycles. The lowest BCUT2D eigenvalue weighted by molar-refractivity contribution is -0.123. The maximum atomic E-state index is 11.9. The van der Waals surface area contributed by atoms with E-state index in [9.17, 15) is 4.79 Å². The number of hydrogen-bond acceptors (Lipinski definition) is 3. The van der Waals surface area contributed by atoms with E-state index in [1.807, 2.05) is 55.5 Å². The van der Waals surface area contributed by atoms with Gasteiger partial charge in [0.2, 0.25) is 5.91 Å². The Labute approximate surface area is 142 Å². The number of halogens is 1. The largest absolute Gasteiger partial charge is 0.457 e. The zero-order valence-corrected chi connectivity index (χ0v) is 13.9. The fraction of sp³-hybridized carbons (Fsp3) is 0.278. The highest BCUT2D eigenvalue weighted by molar-refractivity contribution is 5.88. The van der Waals surface area contributed by atoms with E-state index in [2.05, 4.69) is 5.32 Å². The molecule has 2 aromatic rings. The first kappa shape index (κ1) is 17.3. The van der Waals surface area contributed by atoms with Crippen LogP contribution in [0.4, 0.5) is 0 Å². The van der Waals surface area contributed by atoms with Crippen LogP contribution in [0, 0.1) is 6.92 Å². The van der Waals surface area contributed by atoms with Crippen molar-refractivity contribution in [3.8, 4) is 11.5 Å². The fourth-order valence-corrected chi connectivity index (χ4v) is 2.20. The van der Waals surface area contributed by atoms with Gasteiger partial charge >= 0.3 is 0 Å². The first-order valence-electron chi connectivity index (χ1n) is 7.46. The van der Waals surface area contributed by atoms with E-state index in [0.717, 1.165) is 29.9 Å². The van der Waals surface area contributed by atoms with Crippen LogP contribution in [0.5, 0.6) is 11.5 Å². The summed E-state index contributed by atoms with van der Waals surface area (Å²) in [5.74, 6) is 1.44. The van der Waals surface area contributed by atoms with Crippen LogP contribution in [-0.2, 0) is 11.3 Å². The second kappa shape index (κ2) is 7.02. The van der Waals surface area contributed by atoms with Gasteiger partial charge in [0.05, 0.1) is 5.54 Å². The maximum Gasteiger partial charge on any atom is 0.240 e. The summed E-state index contributed by atoms with van der Waals surface area (Å²) in [6.45, 7) is 2.45. The van der Waals surface area contributed by atoms with Crippen LogP contribution < -0.4 is 15.8 Å². The minimum absolute atomic E-state index is 0. The van der Waals surface area contributed by atoms with Crippen LogP contribution in [0.15, 0.2) is 48.5 Å². The van der Waals surface area contributed by atoms with Gasteiger partial charge < -0.3 is 15.8 Å². The van der Waals surface area contributed by atoms with Crippen molar-refractivity contribution in [1.29, 1.82) is 0 Å². The van der Waals surface area contributed by atoms with Gasteiger partial charge in [0.1, 0.15) is 11.5 Å². The maximum absolute atomic E-state index is 11.9. The van der Waals surface area contributed by atoms with Crippen LogP contribution in [-0.4, -0.2) is 11.4 Å². The molecule has 4 nitrogen and oxygen atoms in total. The number of nitrogens with one attached hydrogen (secondary N) is 1. The van der Waals surface area contributed by atoms with Crippen LogP contribution in [0.25, 0.3) is 0 Å². The molecule has 1 aliphatic rings. The highest BCUT2D eigenvalue weighted by Gasteiger charge is 2.45. The SMILES string of the molecule is Cc1ccc(Oc2ccccc2CNC(=O)C2(N)CC2)cc1.Cl. The third-order valence-corrected chi connectivity index (χ3v) is 3.90. The van der Waals surface area contributed by atoms with Crippen LogP contribution in [0.3, 0.4) is 0 Å². The number of rotatable bonds is 5. The molecule has 0 radical (unpaired) electrons. The highest BCUT2D eigenvalue weighted by atomic mass is 35.5. The Bertz CT molecular complexity index is 682. The molecular formula is C18H21ClN2O2. The summed E-state index contributed by atoms with van der Waals surface area (Å²) < 4.78 is 5.92. The number of benzene rings is 2. The smallest absolute Gasteiger partial charge is 0.240 e. The van der Waals surface area contributed by atoms with Gasteiger partial charge in [-0.15, -0.1) is 12.4 Å². The monoisotopic (exact) mass is 332 g/mol.